The minimum atomic E-state index is 0.0177. The van der Waals surface area contributed by atoms with Crippen molar-refractivity contribution in [3.63, 3.8) is 0 Å². The minimum absolute atomic E-state index is 0.0177. The molecule has 2 saturated heterocycles. The molecule has 0 radical (unpaired) electrons. The fourth-order valence-electron chi connectivity index (χ4n) is 3.58. The zero-order chi connectivity index (χ0) is 15.5. The van der Waals surface area contributed by atoms with E-state index in [9.17, 15) is 9.90 Å². The van der Waals surface area contributed by atoms with E-state index in [1.807, 2.05) is 24.0 Å². The van der Waals surface area contributed by atoms with Crippen LogP contribution in [-0.4, -0.2) is 59.3 Å². The number of hydrogen-bond acceptors (Lipinski definition) is 4. The highest BCUT2D eigenvalue weighted by Gasteiger charge is 2.33. The topological polar surface area (TPSA) is 55.8 Å². The lowest BCUT2D eigenvalue weighted by molar-refractivity contribution is 0.130. The molecule has 6 heteroatoms. The molecule has 1 aromatic heterocycles. The first-order valence-electron chi connectivity index (χ1n) is 8.16. The van der Waals surface area contributed by atoms with Crippen molar-refractivity contribution in [3.05, 3.63) is 17.0 Å². The number of likely N-dealkylation sites (tertiary alicyclic amines) is 2. The third-order valence-electron chi connectivity index (χ3n) is 4.76. The van der Waals surface area contributed by atoms with Crippen LogP contribution in [0.3, 0.4) is 0 Å². The molecule has 2 fully saturated rings. The predicted octanol–water partition coefficient (Wildman–Crippen LogP) is 2.51. The third kappa shape index (κ3) is 3.45. The third-order valence-corrected chi connectivity index (χ3v) is 5.68. The van der Waals surface area contributed by atoms with Crippen LogP contribution >= 0.6 is 11.3 Å². The minimum Gasteiger partial charge on any atom is -0.395 e. The Morgan fingerprint density at radius 2 is 2.09 bits per heavy atom. The van der Waals surface area contributed by atoms with Crippen molar-refractivity contribution in [1.29, 1.82) is 0 Å². The number of aliphatic hydroxyl groups excluding tert-OH is 1. The summed E-state index contributed by atoms with van der Waals surface area (Å²) in [5, 5.41) is 13.4. The first-order chi connectivity index (χ1) is 10.7. The van der Waals surface area contributed by atoms with E-state index < -0.39 is 0 Å². The lowest BCUT2D eigenvalue weighted by Gasteiger charge is -2.31. The summed E-state index contributed by atoms with van der Waals surface area (Å²) >= 11 is 1.61. The van der Waals surface area contributed by atoms with Crippen molar-refractivity contribution >= 4 is 22.4 Å². The Hall–Kier alpha value is -1.11. The van der Waals surface area contributed by atoms with Gasteiger partial charge in [-0.2, -0.15) is 0 Å². The standard InChI is InChI=1S/C16H25N3O2S/c1-12-6-7-15(22-12)17-16(21)19-9-3-4-13(19)10-18-8-2-5-14(18)11-20/h6-7,13-14,20H,2-5,8-11H2,1H3,(H,17,21)/t13-,14-/m1/s1. The van der Waals surface area contributed by atoms with Crippen LogP contribution < -0.4 is 5.32 Å². The highest BCUT2D eigenvalue weighted by atomic mass is 32.1. The van der Waals surface area contributed by atoms with Gasteiger partial charge in [0, 0.05) is 30.1 Å². The largest absolute Gasteiger partial charge is 0.395 e. The molecule has 3 rings (SSSR count). The molecular weight excluding hydrogens is 298 g/mol. The van der Waals surface area contributed by atoms with Crippen molar-refractivity contribution in [3.8, 4) is 0 Å². The molecule has 5 nitrogen and oxygen atoms in total. The van der Waals surface area contributed by atoms with Crippen molar-refractivity contribution in [2.75, 3.05) is 31.6 Å². The summed E-state index contributed by atoms with van der Waals surface area (Å²) in [5.41, 5.74) is 0. The van der Waals surface area contributed by atoms with Crippen LogP contribution in [0, 0.1) is 6.92 Å². The maximum Gasteiger partial charge on any atom is 0.322 e. The number of amides is 2. The van der Waals surface area contributed by atoms with Gasteiger partial charge in [0.1, 0.15) is 0 Å². The average Bonchev–Trinajstić information content (AvgIpc) is 3.21. The Labute approximate surface area is 135 Å². The SMILES string of the molecule is Cc1ccc(NC(=O)N2CCC[C@@H]2CN2CCC[C@@H]2CO)s1. The van der Waals surface area contributed by atoms with E-state index in [1.165, 1.54) is 4.88 Å². The van der Waals surface area contributed by atoms with E-state index in [0.29, 0.717) is 0 Å². The molecule has 2 atom stereocenters. The van der Waals surface area contributed by atoms with Gasteiger partial charge in [0.05, 0.1) is 11.6 Å². The molecule has 2 amide bonds. The summed E-state index contributed by atoms with van der Waals surface area (Å²) in [4.78, 5) is 18.0. The van der Waals surface area contributed by atoms with E-state index >= 15 is 0 Å². The summed E-state index contributed by atoms with van der Waals surface area (Å²) in [6.45, 7) is 5.04. The average molecular weight is 323 g/mol. The number of hydrogen-bond donors (Lipinski definition) is 2. The lowest BCUT2D eigenvalue weighted by atomic mass is 10.2. The second-order valence-electron chi connectivity index (χ2n) is 6.30. The van der Waals surface area contributed by atoms with Gasteiger partial charge in [-0.3, -0.25) is 10.2 Å². The molecule has 1 aromatic rings. The molecule has 122 valence electrons. The molecule has 0 saturated carbocycles. The second-order valence-corrected chi connectivity index (χ2v) is 7.59. The van der Waals surface area contributed by atoms with E-state index in [1.54, 1.807) is 11.3 Å². The molecule has 2 aliphatic heterocycles. The van der Waals surface area contributed by atoms with Crippen LogP contribution in [-0.2, 0) is 0 Å². The van der Waals surface area contributed by atoms with Crippen LogP contribution in [0.4, 0.5) is 9.80 Å². The number of thiophene rings is 1. The van der Waals surface area contributed by atoms with Gasteiger partial charge in [0.15, 0.2) is 0 Å². The Kier molecular flexibility index (Phi) is 5.00. The zero-order valence-electron chi connectivity index (χ0n) is 13.1. The molecule has 0 bridgehead atoms. The number of nitrogens with zero attached hydrogens (tertiary/aromatic N) is 2. The van der Waals surface area contributed by atoms with Gasteiger partial charge >= 0.3 is 6.03 Å². The maximum absolute atomic E-state index is 12.5. The quantitative estimate of drug-likeness (QED) is 0.895. The number of nitrogens with one attached hydrogen (secondary N) is 1. The van der Waals surface area contributed by atoms with Crippen LogP contribution in [0.15, 0.2) is 12.1 Å². The molecule has 0 spiro atoms. The first kappa shape index (κ1) is 15.8. The van der Waals surface area contributed by atoms with Gasteiger partial charge in [0.25, 0.3) is 0 Å². The van der Waals surface area contributed by atoms with Crippen LogP contribution in [0.5, 0.6) is 0 Å². The molecule has 3 heterocycles. The number of aliphatic hydroxyl groups is 1. The van der Waals surface area contributed by atoms with Gasteiger partial charge in [-0.05, 0) is 51.3 Å². The number of carbonyl (C=O) groups is 1. The highest BCUT2D eigenvalue weighted by Crippen LogP contribution is 2.26. The summed E-state index contributed by atoms with van der Waals surface area (Å²) in [6, 6.07) is 4.56. The number of rotatable bonds is 4. The van der Waals surface area contributed by atoms with E-state index in [2.05, 4.69) is 10.2 Å². The van der Waals surface area contributed by atoms with E-state index in [4.69, 9.17) is 0 Å². The molecule has 22 heavy (non-hydrogen) atoms. The number of carbonyl (C=O) groups excluding carboxylic acids is 1. The summed E-state index contributed by atoms with van der Waals surface area (Å²) in [7, 11) is 0. The van der Waals surface area contributed by atoms with Crippen molar-refractivity contribution in [1.82, 2.24) is 9.80 Å². The highest BCUT2D eigenvalue weighted by molar-refractivity contribution is 7.16. The lowest BCUT2D eigenvalue weighted by Crippen LogP contribution is -2.46. The monoisotopic (exact) mass is 323 g/mol. The van der Waals surface area contributed by atoms with Gasteiger partial charge in [0.2, 0.25) is 0 Å². The fraction of sp³-hybridized carbons (Fsp3) is 0.688. The normalized spacial score (nSPS) is 25.8. The van der Waals surface area contributed by atoms with Gasteiger partial charge in [-0.1, -0.05) is 0 Å². The fourth-order valence-corrected chi connectivity index (χ4v) is 4.34. The number of anilines is 1. The van der Waals surface area contributed by atoms with Gasteiger partial charge in [-0.15, -0.1) is 11.3 Å². The molecular formula is C16H25N3O2S. The van der Waals surface area contributed by atoms with Crippen LogP contribution in [0.1, 0.15) is 30.6 Å². The van der Waals surface area contributed by atoms with Crippen molar-refractivity contribution < 1.29 is 9.90 Å². The maximum atomic E-state index is 12.5. The van der Waals surface area contributed by atoms with Crippen molar-refractivity contribution in [2.45, 2.75) is 44.7 Å². The predicted molar refractivity (Wildman–Crippen MR) is 89.5 cm³/mol. The summed E-state index contributed by atoms with van der Waals surface area (Å²) < 4.78 is 0. The Morgan fingerprint density at radius 3 is 2.82 bits per heavy atom. The summed E-state index contributed by atoms with van der Waals surface area (Å²) in [6.07, 6.45) is 4.35. The second kappa shape index (κ2) is 6.98. The smallest absolute Gasteiger partial charge is 0.322 e. The molecule has 2 aliphatic rings. The molecule has 0 unspecified atom stereocenters. The van der Waals surface area contributed by atoms with Gasteiger partial charge < -0.3 is 10.0 Å². The van der Waals surface area contributed by atoms with E-state index in [-0.39, 0.29) is 24.7 Å². The van der Waals surface area contributed by atoms with Crippen LogP contribution in [0.2, 0.25) is 0 Å². The molecule has 0 aliphatic carbocycles. The van der Waals surface area contributed by atoms with Crippen molar-refractivity contribution in [2.24, 2.45) is 0 Å². The van der Waals surface area contributed by atoms with E-state index in [0.717, 1.165) is 50.3 Å². The Balaban J connectivity index is 1.59. The first-order valence-corrected chi connectivity index (χ1v) is 8.98. The number of urea groups is 1. The molecule has 2 N–H and O–H groups in total. The summed E-state index contributed by atoms with van der Waals surface area (Å²) in [5.74, 6) is 0. The Bertz CT molecular complexity index is 519. The molecule has 0 aromatic carbocycles. The number of aryl methyl sites for hydroxylation is 1. The Morgan fingerprint density at radius 1 is 1.32 bits per heavy atom. The zero-order valence-corrected chi connectivity index (χ0v) is 13.9. The van der Waals surface area contributed by atoms with Crippen LogP contribution in [0.25, 0.3) is 0 Å². The van der Waals surface area contributed by atoms with Gasteiger partial charge in [-0.25, -0.2) is 4.79 Å².